The fourth-order valence-electron chi connectivity index (χ4n) is 2.28. The zero-order chi connectivity index (χ0) is 17.0. The minimum absolute atomic E-state index is 0.164. The topological polar surface area (TPSA) is 46.5 Å². The standard InChI is InChI=1S/C18H18Cl2O3/c1-11(2)14-5-3-4-6-16(14)23-17(18(21)22)9-12-7-8-13(19)10-15(12)20/h3-8,10-11,17H,9H2,1-2H3,(H,21,22). The number of aliphatic carboxylic acids is 1. The summed E-state index contributed by atoms with van der Waals surface area (Å²) in [5, 5.41) is 10.4. The van der Waals surface area contributed by atoms with Gasteiger partial charge in [0.25, 0.3) is 0 Å². The molecule has 0 saturated carbocycles. The zero-order valence-electron chi connectivity index (χ0n) is 12.9. The van der Waals surface area contributed by atoms with E-state index in [-0.39, 0.29) is 12.3 Å². The fourth-order valence-corrected chi connectivity index (χ4v) is 2.77. The van der Waals surface area contributed by atoms with Crippen molar-refractivity contribution >= 4 is 29.2 Å². The minimum atomic E-state index is -1.03. The SMILES string of the molecule is CC(C)c1ccccc1OC(Cc1ccc(Cl)cc1Cl)C(=O)O. The third kappa shape index (κ3) is 4.63. The van der Waals surface area contributed by atoms with E-state index in [0.29, 0.717) is 21.4 Å². The Hall–Kier alpha value is -1.71. The number of rotatable bonds is 6. The van der Waals surface area contributed by atoms with Gasteiger partial charge in [0.15, 0.2) is 6.10 Å². The normalized spacial score (nSPS) is 12.2. The Bertz CT molecular complexity index is 698. The molecule has 3 nitrogen and oxygen atoms in total. The molecule has 0 aliphatic heterocycles. The molecule has 2 aromatic carbocycles. The summed E-state index contributed by atoms with van der Waals surface area (Å²) in [4.78, 5) is 11.6. The predicted octanol–water partition coefficient (Wildman–Crippen LogP) is 5.19. The van der Waals surface area contributed by atoms with Gasteiger partial charge in [0.2, 0.25) is 0 Å². The Morgan fingerprint density at radius 1 is 1.17 bits per heavy atom. The van der Waals surface area contributed by atoms with Crippen LogP contribution in [0.5, 0.6) is 5.75 Å². The molecule has 1 atom stereocenters. The van der Waals surface area contributed by atoms with E-state index in [1.54, 1.807) is 24.3 Å². The molecular weight excluding hydrogens is 335 g/mol. The van der Waals surface area contributed by atoms with Crippen molar-refractivity contribution in [2.45, 2.75) is 32.3 Å². The van der Waals surface area contributed by atoms with Gasteiger partial charge in [-0.25, -0.2) is 4.79 Å². The molecule has 5 heteroatoms. The van der Waals surface area contributed by atoms with Crippen LogP contribution in [-0.4, -0.2) is 17.2 Å². The van der Waals surface area contributed by atoms with Crippen molar-refractivity contribution in [2.24, 2.45) is 0 Å². The smallest absolute Gasteiger partial charge is 0.345 e. The number of hydrogen-bond acceptors (Lipinski definition) is 2. The summed E-state index contributed by atoms with van der Waals surface area (Å²) in [5.41, 5.74) is 1.66. The number of benzene rings is 2. The van der Waals surface area contributed by atoms with Crippen molar-refractivity contribution in [2.75, 3.05) is 0 Å². The predicted molar refractivity (Wildman–Crippen MR) is 92.7 cm³/mol. The summed E-state index contributed by atoms with van der Waals surface area (Å²) in [7, 11) is 0. The lowest BCUT2D eigenvalue weighted by molar-refractivity contribution is -0.145. The highest BCUT2D eigenvalue weighted by atomic mass is 35.5. The molecule has 0 aromatic heterocycles. The molecule has 0 bridgehead atoms. The van der Waals surface area contributed by atoms with Crippen LogP contribution in [0.1, 0.15) is 30.9 Å². The first-order chi connectivity index (χ1) is 10.9. The van der Waals surface area contributed by atoms with Gasteiger partial charge in [0.05, 0.1) is 0 Å². The van der Waals surface area contributed by atoms with Crippen LogP contribution in [0.2, 0.25) is 10.0 Å². The molecule has 23 heavy (non-hydrogen) atoms. The molecule has 0 fully saturated rings. The number of halogens is 2. The number of carboxylic acid groups (broad SMARTS) is 1. The summed E-state index contributed by atoms with van der Waals surface area (Å²) < 4.78 is 5.77. The summed E-state index contributed by atoms with van der Waals surface area (Å²) in [5.74, 6) is -0.214. The Balaban J connectivity index is 2.25. The third-order valence-electron chi connectivity index (χ3n) is 3.51. The van der Waals surface area contributed by atoms with Crippen molar-refractivity contribution in [3.05, 3.63) is 63.6 Å². The minimum Gasteiger partial charge on any atom is -0.478 e. The van der Waals surface area contributed by atoms with Crippen LogP contribution in [-0.2, 0) is 11.2 Å². The number of carboxylic acids is 1. The molecule has 2 rings (SSSR count). The van der Waals surface area contributed by atoms with Crippen molar-refractivity contribution in [1.82, 2.24) is 0 Å². The monoisotopic (exact) mass is 352 g/mol. The van der Waals surface area contributed by atoms with Crippen LogP contribution in [0.3, 0.4) is 0 Å². The van der Waals surface area contributed by atoms with Gasteiger partial charge in [-0.15, -0.1) is 0 Å². The highest BCUT2D eigenvalue weighted by molar-refractivity contribution is 6.35. The first-order valence-corrected chi connectivity index (χ1v) is 8.06. The maximum Gasteiger partial charge on any atom is 0.345 e. The molecule has 0 aliphatic rings. The highest BCUT2D eigenvalue weighted by Gasteiger charge is 2.23. The molecule has 0 amide bonds. The Morgan fingerprint density at radius 2 is 1.87 bits per heavy atom. The summed E-state index contributed by atoms with van der Waals surface area (Å²) in [6.45, 7) is 4.07. The zero-order valence-corrected chi connectivity index (χ0v) is 14.4. The van der Waals surface area contributed by atoms with Gasteiger partial charge in [0.1, 0.15) is 5.75 Å². The van der Waals surface area contributed by atoms with E-state index in [1.165, 1.54) is 0 Å². The molecule has 1 N–H and O–H groups in total. The van der Waals surface area contributed by atoms with Crippen molar-refractivity contribution in [1.29, 1.82) is 0 Å². The van der Waals surface area contributed by atoms with Gasteiger partial charge in [-0.1, -0.05) is 61.3 Å². The lowest BCUT2D eigenvalue weighted by atomic mass is 10.0. The Labute approximate surface area is 145 Å². The van der Waals surface area contributed by atoms with E-state index in [9.17, 15) is 9.90 Å². The van der Waals surface area contributed by atoms with Gasteiger partial charge < -0.3 is 9.84 Å². The Kier molecular flexibility index (Phi) is 5.91. The average molecular weight is 353 g/mol. The maximum absolute atomic E-state index is 11.6. The first-order valence-electron chi connectivity index (χ1n) is 7.30. The van der Waals surface area contributed by atoms with E-state index in [1.807, 2.05) is 32.0 Å². The van der Waals surface area contributed by atoms with Crippen molar-refractivity contribution in [3.8, 4) is 5.75 Å². The quantitative estimate of drug-likeness (QED) is 0.777. The number of carbonyl (C=O) groups is 1. The van der Waals surface area contributed by atoms with E-state index in [2.05, 4.69) is 0 Å². The number of hydrogen-bond donors (Lipinski definition) is 1. The average Bonchev–Trinajstić information content (AvgIpc) is 2.49. The van der Waals surface area contributed by atoms with E-state index >= 15 is 0 Å². The lowest BCUT2D eigenvalue weighted by Crippen LogP contribution is -2.30. The van der Waals surface area contributed by atoms with Gasteiger partial charge >= 0.3 is 5.97 Å². The van der Waals surface area contributed by atoms with Gasteiger partial charge in [0, 0.05) is 16.5 Å². The third-order valence-corrected chi connectivity index (χ3v) is 4.09. The molecule has 0 aliphatic carbocycles. The van der Waals surface area contributed by atoms with Gasteiger partial charge in [-0.05, 0) is 35.2 Å². The number of para-hydroxylation sites is 1. The molecule has 1 unspecified atom stereocenters. The first kappa shape index (κ1) is 17.6. The van der Waals surface area contributed by atoms with E-state index in [0.717, 1.165) is 5.56 Å². The van der Waals surface area contributed by atoms with Gasteiger partial charge in [-0.3, -0.25) is 0 Å². The molecule has 0 spiro atoms. The second-order valence-corrected chi connectivity index (χ2v) is 6.42. The van der Waals surface area contributed by atoms with E-state index in [4.69, 9.17) is 27.9 Å². The van der Waals surface area contributed by atoms with Crippen LogP contribution < -0.4 is 4.74 Å². The summed E-state index contributed by atoms with van der Waals surface area (Å²) in [6.07, 6.45) is -0.855. The Morgan fingerprint density at radius 3 is 2.48 bits per heavy atom. The molecule has 0 saturated heterocycles. The summed E-state index contributed by atoms with van der Waals surface area (Å²) >= 11 is 12.0. The molecule has 0 radical (unpaired) electrons. The molecular formula is C18H18Cl2O3. The molecule has 122 valence electrons. The highest BCUT2D eigenvalue weighted by Crippen LogP contribution is 2.28. The largest absolute Gasteiger partial charge is 0.478 e. The maximum atomic E-state index is 11.6. The fraction of sp³-hybridized carbons (Fsp3) is 0.278. The number of ether oxygens (including phenoxy) is 1. The van der Waals surface area contributed by atoms with Crippen LogP contribution >= 0.6 is 23.2 Å². The lowest BCUT2D eigenvalue weighted by Gasteiger charge is -2.19. The van der Waals surface area contributed by atoms with E-state index < -0.39 is 12.1 Å². The van der Waals surface area contributed by atoms with Gasteiger partial charge in [-0.2, -0.15) is 0 Å². The van der Waals surface area contributed by atoms with Crippen LogP contribution in [0.4, 0.5) is 0 Å². The summed E-state index contributed by atoms with van der Waals surface area (Å²) in [6, 6.07) is 12.5. The molecule has 0 heterocycles. The second-order valence-electron chi connectivity index (χ2n) is 5.58. The van der Waals surface area contributed by atoms with Crippen molar-refractivity contribution < 1.29 is 14.6 Å². The second kappa shape index (κ2) is 7.71. The van der Waals surface area contributed by atoms with Crippen LogP contribution in [0.15, 0.2) is 42.5 Å². The molecule has 2 aromatic rings. The van der Waals surface area contributed by atoms with Crippen molar-refractivity contribution in [3.63, 3.8) is 0 Å². The van der Waals surface area contributed by atoms with Crippen LogP contribution in [0, 0.1) is 0 Å². The van der Waals surface area contributed by atoms with Crippen LogP contribution in [0.25, 0.3) is 0 Å².